The van der Waals surface area contributed by atoms with Crippen LogP contribution in [0.25, 0.3) is 11.4 Å². The molecular formula is C16H16N4O. The van der Waals surface area contributed by atoms with Gasteiger partial charge in [0.2, 0.25) is 5.82 Å². The molecule has 0 radical (unpaired) electrons. The van der Waals surface area contributed by atoms with E-state index in [1.807, 2.05) is 55.5 Å². The average Bonchev–Trinajstić information content (AvgIpc) is 2.97. The topological polar surface area (TPSA) is 63.8 Å². The molecule has 5 nitrogen and oxygen atoms in total. The summed E-state index contributed by atoms with van der Waals surface area (Å²) in [6, 6.07) is 15.7. The number of hydrogen-bond acceptors (Lipinski definition) is 4. The minimum Gasteiger partial charge on any atom is -0.392 e. The minimum absolute atomic E-state index is 0.0548. The Hall–Kier alpha value is -2.53. The molecule has 0 aliphatic rings. The fourth-order valence-electron chi connectivity index (χ4n) is 2.16. The molecular weight excluding hydrogens is 264 g/mol. The van der Waals surface area contributed by atoms with Crippen LogP contribution in [0.1, 0.15) is 16.7 Å². The second kappa shape index (κ2) is 5.85. The number of aliphatic hydroxyl groups is 1. The minimum atomic E-state index is 0.0548. The molecule has 0 aliphatic heterocycles. The molecule has 2 aromatic carbocycles. The van der Waals surface area contributed by atoms with E-state index in [2.05, 4.69) is 15.4 Å². The van der Waals surface area contributed by atoms with Crippen molar-refractivity contribution in [2.75, 3.05) is 0 Å². The van der Waals surface area contributed by atoms with Crippen LogP contribution < -0.4 is 0 Å². The highest BCUT2D eigenvalue weighted by molar-refractivity contribution is 5.58. The molecule has 0 bridgehead atoms. The SMILES string of the molecule is Cc1ccccc1-c1nnn(Cc2ccc(CO)cc2)n1. The number of rotatable bonds is 4. The molecule has 1 aromatic heterocycles. The summed E-state index contributed by atoms with van der Waals surface area (Å²) >= 11 is 0. The van der Waals surface area contributed by atoms with Crippen molar-refractivity contribution in [3.8, 4) is 11.4 Å². The average molecular weight is 280 g/mol. The number of hydrogen-bond donors (Lipinski definition) is 1. The molecule has 0 amide bonds. The monoisotopic (exact) mass is 280 g/mol. The van der Waals surface area contributed by atoms with Crippen molar-refractivity contribution in [2.24, 2.45) is 0 Å². The third-order valence-electron chi connectivity index (χ3n) is 3.37. The second-order valence-corrected chi connectivity index (χ2v) is 4.93. The zero-order valence-corrected chi connectivity index (χ0v) is 11.8. The molecule has 0 atom stereocenters. The first-order valence-electron chi connectivity index (χ1n) is 6.79. The van der Waals surface area contributed by atoms with Crippen LogP contribution in [0.3, 0.4) is 0 Å². The molecule has 1 N–H and O–H groups in total. The molecule has 21 heavy (non-hydrogen) atoms. The first-order valence-corrected chi connectivity index (χ1v) is 6.79. The molecule has 0 fully saturated rings. The van der Waals surface area contributed by atoms with Gasteiger partial charge in [-0.3, -0.25) is 0 Å². The Labute approximate surface area is 122 Å². The molecule has 106 valence electrons. The van der Waals surface area contributed by atoms with E-state index in [1.54, 1.807) is 4.80 Å². The highest BCUT2D eigenvalue weighted by Gasteiger charge is 2.08. The first-order chi connectivity index (χ1) is 10.3. The maximum absolute atomic E-state index is 9.03. The Morgan fingerprint density at radius 2 is 1.71 bits per heavy atom. The highest BCUT2D eigenvalue weighted by Crippen LogP contribution is 2.18. The number of aliphatic hydroxyl groups excluding tert-OH is 1. The zero-order chi connectivity index (χ0) is 14.7. The predicted molar refractivity (Wildman–Crippen MR) is 79.5 cm³/mol. The van der Waals surface area contributed by atoms with Crippen molar-refractivity contribution in [1.29, 1.82) is 0 Å². The molecule has 1 heterocycles. The van der Waals surface area contributed by atoms with E-state index in [0.29, 0.717) is 12.4 Å². The van der Waals surface area contributed by atoms with Gasteiger partial charge < -0.3 is 5.11 Å². The van der Waals surface area contributed by atoms with Crippen LogP contribution in [0.2, 0.25) is 0 Å². The van der Waals surface area contributed by atoms with Crippen molar-refractivity contribution in [3.63, 3.8) is 0 Å². The van der Waals surface area contributed by atoms with Crippen LogP contribution in [-0.2, 0) is 13.2 Å². The number of aryl methyl sites for hydroxylation is 1. The Balaban J connectivity index is 1.80. The van der Waals surface area contributed by atoms with Gasteiger partial charge in [-0.1, -0.05) is 48.5 Å². The fourth-order valence-corrected chi connectivity index (χ4v) is 2.16. The normalized spacial score (nSPS) is 10.8. The Bertz CT molecular complexity index is 734. The molecule has 0 spiro atoms. The van der Waals surface area contributed by atoms with Crippen LogP contribution in [-0.4, -0.2) is 25.3 Å². The zero-order valence-electron chi connectivity index (χ0n) is 11.8. The van der Waals surface area contributed by atoms with Crippen molar-refractivity contribution >= 4 is 0 Å². The van der Waals surface area contributed by atoms with Gasteiger partial charge >= 0.3 is 0 Å². The van der Waals surface area contributed by atoms with Gasteiger partial charge in [-0.15, -0.1) is 10.2 Å². The molecule has 3 rings (SSSR count). The summed E-state index contributed by atoms with van der Waals surface area (Å²) in [6.07, 6.45) is 0. The standard InChI is InChI=1S/C16H16N4O/c1-12-4-2-3-5-15(12)16-17-19-20(18-16)10-13-6-8-14(11-21)9-7-13/h2-9,21H,10-11H2,1H3. The smallest absolute Gasteiger partial charge is 0.205 e. The van der Waals surface area contributed by atoms with Crippen molar-refractivity contribution < 1.29 is 5.11 Å². The van der Waals surface area contributed by atoms with Gasteiger partial charge in [0.25, 0.3) is 0 Å². The van der Waals surface area contributed by atoms with Gasteiger partial charge in [0, 0.05) is 5.56 Å². The van der Waals surface area contributed by atoms with Gasteiger partial charge in [0.1, 0.15) is 0 Å². The molecule has 3 aromatic rings. The summed E-state index contributed by atoms with van der Waals surface area (Å²) in [7, 11) is 0. The van der Waals surface area contributed by atoms with Crippen molar-refractivity contribution in [1.82, 2.24) is 20.2 Å². The third-order valence-corrected chi connectivity index (χ3v) is 3.37. The number of tetrazole rings is 1. The van der Waals surface area contributed by atoms with Gasteiger partial charge in [0.05, 0.1) is 13.2 Å². The maximum Gasteiger partial charge on any atom is 0.205 e. The van der Waals surface area contributed by atoms with Crippen LogP contribution in [0, 0.1) is 6.92 Å². The third kappa shape index (κ3) is 2.98. The lowest BCUT2D eigenvalue weighted by Gasteiger charge is -2.01. The summed E-state index contributed by atoms with van der Waals surface area (Å²) in [5.74, 6) is 0.639. The summed E-state index contributed by atoms with van der Waals surface area (Å²) in [5, 5.41) is 21.7. The van der Waals surface area contributed by atoms with Crippen LogP contribution >= 0.6 is 0 Å². The van der Waals surface area contributed by atoms with E-state index in [4.69, 9.17) is 5.11 Å². The van der Waals surface area contributed by atoms with E-state index in [1.165, 1.54) is 0 Å². The number of aromatic nitrogens is 4. The van der Waals surface area contributed by atoms with E-state index in [0.717, 1.165) is 22.3 Å². The van der Waals surface area contributed by atoms with E-state index in [-0.39, 0.29) is 6.61 Å². The quantitative estimate of drug-likeness (QED) is 0.795. The molecule has 0 saturated carbocycles. The van der Waals surface area contributed by atoms with Crippen molar-refractivity contribution in [3.05, 3.63) is 65.2 Å². The van der Waals surface area contributed by atoms with Gasteiger partial charge in [-0.25, -0.2) is 0 Å². The van der Waals surface area contributed by atoms with Gasteiger partial charge in [0.15, 0.2) is 0 Å². The van der Waals surface area contributed by atoms with E-state index in [9.17, 15) is 0 Å². The Morgan fingerprint density at radius 3 is 2.43 bits per heavy atom. The highest BCUT2D eigenvalue weighted by atomic mass is 16.3. The Kier molecular flexibility index (Phi) is 3.75. The molecule has 5 heteroatoms. The molecule has 0 aliphatic carbocycles. The number of benzene rings is 2. The lowest BCUT2D eigenvalue weighted by molar-refractivity contribution is 0.282. The van der Waals surface area contributed by atoms with Crippen LogP contribution in [0.4, 0.5) is 0 Å². The first kappa shape index (κ1) is 13.5. The van der Waals surface area contributed by atoms with Crippen LogP contribution in [0.15, 0.2) is 48.5 Å². The van der Waals surface area contributed by atoms with Crippen molar-refractivity contribution in [2.45, 2.75) is 20.1 Å². The van der Waals surface area contributed by atoms with E-state index < -0.39 is 0 Å². The second-order valence-electron chi connectivity index (χ2n) is 4.93. The maximum atomic E-state index is 9.03. The molecule has 0 saturated heterocycles. The van der Waals surface area contributed by atoms with Crippen LogP contribution in [0.5, 0.6) is 0 Å². The summed E-state index contributed by atoms with van der Waals surface area (Å²) in [6.45, 7) is 2.65. The summed E-state index contributed by atoms with van der Waals surface area (Å²) in [5.41, 5.74) is 4.09. The largest absolute Gasteiger partial charge is 0.392 e. The predicted octanol–water partition coefficient (Wildman–Crippen LogP) is 2.19. The summed E-state index contributed by atoms with van der Waals surface area (Å²) < 4.78 is 0. The van der Waals surface area contributed by atoms with Gasteiger partial charge in [-0.05, 0) is 28.8 Å². The Morgan fingerprint density at radius 1 is 1.00 bits per heavy atom. The fraction of sp³-hybridized carbons (Fsp3) is 0.188. The number of nitrogens with zero attached hydrogens (tertiary/aromatic N) is 4. The van der Waals surface area contributed by atoms with E-state index >= 15 is 0 Å². The lowest BCUT2D eigenvalue weighted by atomic mass is 10.1. The van der Waals surface area contributed by atoms with Gasteiger partial charge in [-0.2, -0.15) is 4.80 Å². The molecule has 0 unspecified atom stereocenters. The lowest BCUT2D eigenvalue weighted by Crippen LogP contribution is -2.04. The summed E-state index contributed by atoms with van der Waals surface area (Å²) in [4.78, 5) is 1.58.